The Morgan fingerprint density at radius 2 is 1.93 bits per heavy atom. The minimum Gasteiger partial charge on any atom is -0.352 e. The first kappa shape index (κ1) is 22.6. The van der Waals surface area contributed by atoms with Crippen molar-refractivity contribution in [2.75, 3.05) is 11.9 Å². The van der Waals surface area contributed by atoms with E-state index in [9.17, 15) is 22.8 Å². The van der Waals surface area contributed by atoms with Gasteiger partial charge in [0.2, 0.25) is 0 Å². The van der Waals surface area contributed by atoms with Crippen molar-refractivity contribution in [3.05, 3.63) is 57.9 Å². The van der Waals surface area contributed by atoms with Crippen LogP contribution in [0.3, 0.4) is 0 Å². The van der Waals surface area contributed by atoms with E-state index in [2.05, 4.69) is 20.9 Å². The number of nitrogens with one attached hydrogen (secondary N) is 3. The van der Waals surface area contributed by atoms with Gasteiger partial charge in [0.05, 0.1) is 21.8 Å². The molecule has 0 saturated carbocycles. The molecule has 0 fully saturated rings. The second kappa shape index (κ2) is 9.19. The Hall–Kier alpha value is -2.72. The molecule has 0 bridgehead atoms. The van der Waals surface area contributed by atoms with Gasteiger partial charge in [-0.2, -0.15) is 13.2 Å². The summed E-state index contributed by atoms with van der Waals surface area (Å²) in [6.45, 7) is 3.93. The highest BCUT2D eigenvalue weighted by atomic mass is 35.5. The molecular weight excluding hydrogens is 429 g/mol. The topological polar surface area (TPSA) is 83.1 Å². The molecule has 0 radical (unpaired) electrons. The number of aryl methyl sites for hydroxylation is 1. The molecule has 1 aromatic carbocycles. The molecular formula is C18H16ClF3N4O2S. The summed E-state index contributed by atoms with van der Waals surface area (Å²) in [6, 6.07) is 5.62. The standard InChI is InChI=1S/C18H16ClF3N4O2S/c1-3-23-15(27)11-6-4-5-9(2)13(11)25-17(29)26-16(28)14-12(19)7-10(8-24-14)18(20,21)22/h4-8H,3H2,1-2H3,(H,23,27)(H2,25,26,28,29). The molecule has 2 aromatic rings. The third-order valence-corrected chi connectivity index (χ3v) is 4.20. The van der Waals surface area contributed by atoms with Crippen molar-refractivity contribution >= 4 is 46.4 Å². The van der Waals surface area contributed by atoms with E-state index in [-0.39, 0.29) is 11.0 Å². The zero-order chi connectivity index (χ0) is 21.8. The Balaban J connectivity index is 2.18. The molecule has 6 nitrogen and oxygen atoms in total. The van der Waals surface area contributed by atoms with Crippen molar-refractivity contribution in [2.45, 2.75) is 20.0 Å². The third-order valence-electron chi connectivity index (χ3n) is 3.70. The summed E-state index contributed by atoms with van der Waals surface area (Å²) in [5.74, 6) is -1.23. The number of alkyl halides is 3. The van der Waals surface area contributed by atoms with Crippen molar-refractivity contribution in [1.29, 1.82) is 0 Å². The number of carbonyl (C=O) groups is 2. The summed E-state index contributed by atoms with van der Waals surface area (Å²) >= 11 is 10.8. The average Bonchev–Trinajstić information content (AvgIpc) is 2.62. The summed E-state index contributed by atoms with van der Waals surface area (Å²) in [7, 11) is 0. The Morgan fingerprint density at radius 1 is 1.24 bits per heavy atom. The molecule has 0 aliphatic rings. The second-order valence-corrected chi connectivity index (χ2v) is 6.63. The quantitative estimate of drug-likeness (QED) is 0.622. The lowest BCUT2D eigenvalue weighted by atomic mass is 10.1. The highest BCUT2D eigenvalue weighted by molar-refractivity contribution is 7.80. The highest BCUT2D eigenvalue weighted by Crippen LogP contribution is 2.31. The number of carbonyl (C=O) groups excluding carboxylic acids is 2. The van der Waals surface area contributed by atoms with Crippen LogP contribution in [-0.2, 0) is 6.18 Å². The number of nitrogens with zero attached hydrogens (tertiary/aromatic N) is 1. The second-order valence-electron chi connectivity index (χ2n) is 5.82. The van der Waals surface area contributed by atoms with Gasteiger partial charge in [0.1, 0.15) is 5.69 Å². The summed E-state index contributed by atoms with van der Waals surface area (Å²) in [5.41, 5.74) is -0.107. The smallest absolute Gasteiger partial charge is 0.352 e. The van der Waals surface area contributed by atoms with Gasteiger partial charge in [0, 0.05) is 12.7 Å². The first-order valence-electron chi connectivity index (χ1n) is 8.27. The fourth-order valence-electron chi connectivity index (χ4n) is 2.35. The summed E-state index contributed by atoms with van der Waals surface area (Å²) < 4.78 is 38.1. The fourth-order valence-corrected chi connectivity index (χ4v) is 2.79. The fraction of sp³-hybridized carbons (Fsp3) is 0.222. The van der Waals surface area contributed by atoms with E-state index in [0.717, 1.165) is 0 Å². The van der Waals surface area contributed by atoms with Gasteiger partial charge in [0.25, 0.3) is 11.8 Å². The van der Waals surface area contributed by atoms with Crippen LogP contribution in [0.1, 0.15) is 38.9 Å². The monoisotopic (exact) mass is 444 g/mol. The predicted molar refractivity (Wildman–Crippen MR) is 107 cm³/mol. The molecule has 1 heterocycles. The molecule has 0 atom stereocenters. The van der Waals surface area contributed by atoms with Gasteiger partial charge in [-0.25, -0.2) is 4.98 Å². The lowest BCUT2D eigenvalue weighted by molar-refractivity contribution is -0.137. The van der Waals surface area contributed by atoms with Gasteiger partial charge in [0.15, 0.2) is 5.11 Å². The molecule has 0 aliphatic carbocycles. The molecule has 2 rings (SSSR count). The number of rotatable bonds is 4. The molecule has 11 heteroatoms. The number of benzene rings is 1. The molecule has 0 unspecified atom stereocenters. The number of amides is 2. The summed E-state index contributed by atoms with van der Waals surface area (Å²) in [4.78, 5) is 28.0. The Labute approximate surface area is 174 Å². The lowest BCUT2D eigenvalue weighted by Crippen LogP contribution is -2.36. The molecule has 0 spiro atoms. The maximum atomic E-state index is 12.7. The molecule has 1 aromatic heterocycles. The number of aromatic nitrogens is 1. The van der Waals surface area contributed by atoms with Crippen LogP contribution < -0.4 is 16.0 Å². The van der Waals surface area contributed by atoms with Gasteiger partial charge in [-0.15, -0.1) is 0 Å². The van der Waals surface area contributed by atoms with Crippen LogP contribution in [0.25, 0.3) is 0 Å². The van der Waals surface area contributed by atoms with Crippen LogP contribution in [0.4, 0.5) is 18.9 Å². The number of halogens is 4. The lowest BCUT2D eigenvalue weighted by Gasteiger charge is -2.16. The first-order chi connectivity index (χ1) is 13.5. The van der Waals surface area contributed by atoms with Gasteiger partial charge in [-0.05, 0) is 43.8 Å². The van der Waals surface area contributed by atoms with Crippen molar-refractivity contribution in [1.82, 2.24) is 15.6 Å². The molecule has 0 aliphatic heterocycles. The van der Waals surface area contributed by atoms with Gasteiger partial charge in [-0.3, -0.25) is 14.9 Å². The Morgan fingerprint density at radius 3 is 2.52 bits per heavy atom. The maximum absolute atomic E-state index is 12.7. The highest BCUT2D eigenvalue weighted by Gasteiger charge is 2.32. The van der Waals surface area contributed by atoms with Crippen molar-refractivity contribution < 1.29 is 22.8 Å². The Bertz CT molecular complexity index is 967. The zero-order valence-electron chi connectivity index (χ0n) is 15.3. The van der Waals surface area contributed by atoms with Gasteiger partial charge in [-0.1, -0.05) is 23.7 Å². The van der Waals surface area contributed by atoms with Crippen molar-refractivity contribution in [3.8, 4) is 0 Å². The maximum Gasteiger partial charge on any atom is 0.417 e. The van der Waals surface area contributed by atoms with Gasteiger partial charge >= 0.3 is 6.18 Å². The number of anilines is 1. The molecule has 3 N–H and O–H groups in total. The van der Waals surface area contributed by atoms with E-state index in [1.165, 1.54) is 0 Å². The number of thiocarbonyl (C=S) groups is 1. The zero-order valence-corrected chi connectivity index (χ0v) is 16.9. The minimum absolute atomic E-state index is 0.174. The number of pyridine rings is 1. The third kappa shape index (κ3) is 5.64. The van der Waals surface area contributed by atoms with Crippen LogP contribution >= 0.6 is 23.8 Å². The molecule has 2 amide bonds. The predicted octanol–water partition coefficient (Wildman–Crippen LogP) is 3.94. The molecule has 0 saturated heterocycles. The van der Waals surface area contributed by atoms with E-state index < -0.39 is 28.4 Å². The number of para-hydroxylation sites is 1. The largest absolute Gasteiger partial charge is 0.417 e. The average molecular weight is 445 g/mol. The van der Waals surface area contributed by atoms with Crippen LogP contribution in [0.15, 0.2) is 30.5 Å². The van der Waals surface area contributed by atoms with Gasteiger partial charge < -0.3 is 10.6 Å². The molecule has 154 valence electrons. The van der Waals surface area contributed by atoms with Crippen LogP contribution in [0, 0.1) is 6.92 Å². The van der Waals surface area contributed by atoms with E-state index in [1.807, 2.05) is 0 Å². The normalized spacial score (nSPS) is 11.0. The molecule has 29 heavy (non-hydrogen) atoms. The Kier molecular flexibility index (Phi) is 7.15. The number of hydrogen-bond acceptors (Lipinski definition) is 4. The van der Waals surface area contributed by atoms with Crippen LogP contribution in [0.5, 0.6) is 0 Å². The first-order valence-corrected chi connectivity index (χ1v) is 9.06. The van der Waals surface area contributed by atoms with Crippen LogP contribution in [-0.4, -0.2) is 28.5 Å². The van der Waals surface area contributed by atoms with E-state index in [1.54, 1.807) is 32.0 Å². The SMILES string of the molecule is CCNC(=O)c1cccc(C)c1NC(=S)NC(=O)c1ncc(C(F)(F)F)cc1Cl. The van der Waals surface area contributed by atoms with Crippen molar-refractivity contribution in [3.63, 3.8) is 0 Å². The van der Waals surface area contributed by atoms with Crippen LogP contribution in [0.2, 0.25) is 5.02 Å². The van der Waals surface area contributed by atoms with Crippen molar-refractivity contribution in [2.24, 2.45) is 0 Å². The summed E-state index contributed by atoms with van der Waals surface area (Å²) in [5, 5.41) is 7.07. The van der Waals surface area contributed by atoms with E-state index >= 15 is 0 Å². The summed E-state index contributed by atoms with van der Waals surface area (Å²) in [6.07, 6.45) is -4.13. The van der Waals surface area contributed by atoms with E-state index in [4.69, 9.17) is 23.8 Å². The minimum atomic E-state index is -4.64. The van der Waals surface area contributed by atoms with E-state index in [0.29, 0.717) is 35.6 Å². The number of hydrogen-bond donors (Lipinski definition) is 3.